The Morgan fingerprint density at radius 3 is 2.36 bits per heavy atom. The molecule has 0 fully saturated rings. The largest absolute Gasteiger partial charge is 0.245 e. The van der Waals surface area contributed by atoms with Gasteiger partial charge in [-0.1, -0.05) is 58.9 Å². The van der Waals surface area contributed by atoms with Gasteiger partial charge in [-0.3, -0.25) is 0 Å². The third-order valence-electron chi connectivity index (χ3n) is 6.07. The summed E-state index contributed by atoms with van der Waals surface area (Å²) in [5.74, 6) is 0.613. The summed E-state index contributed by atoms with van der Waals surface area (Å²) in [6.07, 6.45) is 4.67. The van der Waals surface area contributed by atoms with Gasteiger partial charge >= 0.3 is 0 Å². The molecule has 2 aromatic carbocycles. The van der Waals surface area contributed by atoms with E-state index in [1.807, 2.05) is 6.20 Å². The number of benzene rings is 2. The van der Waals surface area contributed by atoms with Gasteiger partial charge in [-0.15, -0.1) is 11.3 Å². The van der Waals surface area contributed by atoms with Crippen LogP contribution in [-0.4, -0.2) is 15.0 Å². The zero-order chi connectivity index (χ0) is 23.2. The molecule has 4 heteroatoms. The highest BCUT2D eigenvalue weighted by Gasteiger charge is 2.19. The Kier molecular flexibility index (Phi) is 5.49. The van der Waals surface area contributed by atoms with Gasteiger partial charge in [-0.05, 0) is 69.3 Å². The molecule has 5 aromatic rings. The average molecular weight is 452 g/mol. The fraction of sp³-hybridized carbons (Fsp3) is 0.276. The van der Waals surface area contributed by atoms with Crippen LogP contribution in [0, 0.1) is 5.92 Å². The van der Waals surface area contributed by atoms with Crippen LogP contribution >= 0.6 is 11.3 Å². The van der Waals surface area contributed by atoms with Crippen molar-refractivity contribution >= 4 is 32.3 Å². The summed E-state index contributed by atoms with van der Waals surface area (Å²) >= 11 is 1.72. The van der Waals surface area contributed by atoms with Crippen LogP contribution in [0.15, 0.2) is 66.4 Å². The van der Waals surface area contributed by atoms with Gasteiger partial charge < -0.3 is 0 Å². The molecule has 0 saturated carbocycles. The number of thiophene rings is 1. The van der Waals surface area contributed by atoms with Crippen LogP contribution in [0.3, 0.4) is 0 Å². The van der Waals surface area contributed by atoms with E-state index in [9.17, 15) is 0 Å². The lowest BCUT2D eigenvalue weighted by molar-refractivity contribution is 0.596. The minimum atomic E-state index is 0.0339. The van der Waals surface area contributed by atoms with Gasteiger partial charge in [0, 0.05) is 22.7 Å². The van der Waals surface area contributed by atoms with E-state index >= 15 is 0 Å². The van der Waals surface area contributed by atoms with Crippen molar-refractivity contribution in [1.82, 2.24) is 15.0 Å². The van der Waals surface area contributed by atoms with E-state index in [-0.39, 0.29) is 5.41 Å². The third kappa shape index (κ3) is 4.28. The van der Waals surface area contributed by atoms with E-state index in [0.29, 0.717) is 5.92 Å². The van der Waals surface area contributed by atoms with Crippen LogP contribution in [-0.2, 0) is 11.8 Å². The molecule has 166 valence electrons. The van der Waals surface area contributed by atoms with Gasteiger partial charge in [0.2, 0.25) is 0 Å². The average Bonchev–Trinajstić information content (AvgIpc) is 3.19. The van der Waals surface area contributed by atoms with E-state index in [1.54, 1.807) is 17.7 Å². The van der Waals surface area contributed by atoms with Gasteiger partial charge in [0.05, 0.1) is 11.4 Å². The van der Waals surface area contributed by atoms with Crippen molar-refractivity contribution in [1.29, 1.82) is 0 Å². The molecule has 0 aliphatic carbocycles. The zero-order valence-corrected chi connectivity index (χ0v) is 20.7. The van der Waals surface area contributed by atoms with Gasteiger partial charge in [0.15, 0.2) is 0 Å². The van der Waals surface area contributed by atoms with E-state index in [4.69, 9.17) is 4.98 Å². The molecule has 0 aliphatic heterocycles. The molecule has 33 heavy (non-hydrogen) atoms. The lowest BCUT2D eigenvalue weighted by Gasteiger charge is -2.22. The molecule has 3 aromatic heterocycles. The van der Waals surface area contributed by atoms with Crippen molar-refractivity contribution in [3.8, 4) is 22.5 Å². The molecule has 0 atom stereocenters. The Bertz CT molecular complexity index is 1460. The number of nitrogens with zero attached hydrogens (tertiary/aromatic N) is 3. The molecule has 0 saturated heterocycles. The Balaban J connectivity index is 1.61. The molecule has 5 rings (SSSR count). The van der Waals surface area contributed by atoms with Crippen molar-refractivity contribution < 1.29 is 0 Å². The molecule has 0 amide bonds. The molecule has 0 spiro atoms. The highest BCUT2D eigenvalue weighted by atomic mass is 32.1. The van der Waals surface area contributed by atoms with Gasteiger partial charge in [0.25, 0.3) is 0 Å². The van der Waals surface area contributed by atoms with E-state index in [1.165, 1.54) is 27.3 Å². The second kappa shape index (κ2) is 8.35. The SMILES string of the molecule is CC(C)Cc1csc2ncc(-c3cc(-c4cc(C(C)(C)C)c5ccccc5c4)ncn3)cc12. The minimum absolute atomic E-state index is 0.0339. The Hall–Kier alpha value is -3.11. The lowest BCUT2D eigenvalue weighted by Crippen LogP contribution is -2.12. The highest BCUT2D eigenvalue weighted by Crippen LogP contribution is 2.35. The van der Waals surface area contributed by atoms with Crippen molar-refractivity contribution in [2.24, 2.45) is 5.92 Å². The molecule has 0 aliphatic rings. The van der Waals surface area contributed by atoms with Crippen molar-refractivity contribution in [3.63, 3.8) is 0 Å². The first-order chi connectivity index (χ1) is 15.8. The molecular weight excluding hydrogens is 422 g/mol. The monoisotopic (exact) mass is 451 g/mol. The summed E-state index contributed by atoms with van der Waals surface area (Å²) in [6, 6.07) is 17.5. The first-order valence-electron chi connectivity index (χ1n) is 11.5. The van der Waals surface area contributed by atoms with Crippen LogP contribution in [0.5, 0.6) is 0 Å². The van der Waals surface area contributed by atoms with Crippen molar-refractivity contribution in [2.75, 3.05) is 0 Å². The number of hydrogen-bond acceptors (Lipinski definition) is 4. The molecule has 0 unspecified atom stereocenters. The summed E-state index contributed by atoms with van der Waals surface area (Å²) in [4.78, 5) is 15.1. The summed E-state index contributed by atoms with van der Waals surface area (Å²) in [6.45, 7) is 11.3. The summed E-state index contributed by atoms with van der Waals surface area (Å²) in [5, 5.41) is 6.02. The first kappa shape index (κ1) is 21.7. The van der Waals surface area contributed by atoms with Gasteiger partial charge in [-0.25, -0.2) is 15.0 Å². The number of hydrogen-bond donors (Lipinski definition) is 0. The van der Waals surface area contributed by atoms with E-state index in [0.717, 1.165) is 33.8 Å². The summed E-state index contributed by atoms with van der Waals surface area (Å²) < 4.78 is 0. The fourth-order valence-corrected chi connectivity index (χ4v) is 5.36. The second-order valence-electron chi connectivity index (χ2n) is 10.2. The van der Waals surface area contributed by atoms with E-state index < -0.39 is 0 Å². The predicted molar refractivity (Wildman–Crippen MR) is 141 cm³/mol. The predicted octanol–water partition coefficient (Wildman–Crippen LogP) is 8.07. The lowest BCUT2D eigenvalue weighted by atomic mass is 9.82. The number of aromatic nitrogens is 3. The maximum absolute atomic E-state index is 4.73. The Morgan fingerprint density at radius 1 is 0.848 bits per heavy atom. The maximum Gasteiger partial charge on any atom is 0.123 e. The van der Waals surface area contributed by atoms with Crippen LogP contribution in [0.4, 0.5) is 0 Å². The summed E-state index contributed by atoms with van der Waals surface area (Å²) in [5.41, 5.74) is 6.73. The zero-order valence-electron chi connectivity index (χ0n) is 19.9. The summed E-state index contributed by atoms with van der Waals surface area (Å²) in [7, 11) is 0. The van der Waals surface area contributed by atoms with Crippen molar-refractivity contribution in [3.05, 3.63) is 77.6 Å². The van der Waals surface area contributed by atoms with Crippen molar-refractivity contribution in [2.45, 2.75) is 46.5 Å². The van der Waals surface area contributed by atoms with Crippen LogP contribution in [0.25, 0.3) is 43.5 Å². The maximum atomic E-state index is 4.73. The highest BCUT2D eigenvalue weighted by molar-refractivity contribution is 7.16. The number of rotatable bonds is 4. The Morgan fingerprint density at radius 2 is 1.61 bits per heavy atom. The van der Waals surface area contributed by atoms with Gasteiger partial charge in [0.1, 0.15) is 11.2 Å². The normalized spacial score (nSPS) is 12.2. The quantitative estimate of drug-likeness (QED) is 0.277. The fourth-order valence-electron chi connectivity index (χ4n) is 4.46. The topological polar surface area (TPSA) is 38.7 Å². The number of fused-ring (bicyclic) bond motifs is 2. The van der Waals surface area contributed by atoms with Crippen LogP contribution < -0.4 is 0 Å². The molecular formula is C29H29N3S. The Labute approximate surface area is 199 Å². The third-order valence-corrected chi connectivity index (χ3v) is 7.02. The van der Waals surface area contributed by atoms with Crippen LogP contribution in [0.2, 0.25) is 0 Å². The standard InChI is InChI=1S/C29H29N3S/c1-18(2)10-22-16-33-28-24(22)12-21(15-30-28)27-14-26(31-17-32-27)20-11-19-8-6-7-9-23(19)25(13-20)29(3,4)5/h6-9,11-18H,10H2,1-5H3. The molecule has 3 nitrogen and oxygen atoms in total. The first-order valence-corrected chi connectivity index (χ1v) is 12.4. The van der Waals surface area contributed by atoms with E-state index in [2.05, 4.69) is 98.5 Å². The minimum Gasteiger partial charge on any atom is -0.245 e. The molecule has 0 bridgehead atoms. The molecule has 0 radical (unpaired) electrons. The number of pyridine rings is 1. The smallest absolute Gasteiger partial charge is 0.123 e. The molecule has 3 heterocycles. The second-order valence-corrected chi connectivity index (χ2v) is 11.1. The van der Waals surface area contributed by atoms with Crippen LogP contribution in [0.1, 0.15) is 45.7 Å². The van der Waals surface area contributed by atoms with Gasteiger partial charge in [-0.2, -0.15) is 0 Å². The molecule has 0 N–H and O–H groups in total.